The molecule has 1 fully saturated rings. The van der Waals surface area contributed by atoms with Gasteiger partial charge in [-0.25, -0.2) is 9.69 Å². The zero-order valence-electron chi connectivity index (χ0n) is 17.8. The van der Waals surface area contributed by atoms with Crippen LogP contribution in [0.25, 0.3) is 11.8 Å². The summed E-state index contributed by atoms with van der Waals surface area (Å²) in [5, 5.41) is 2.24. The fourth-order valence-electron chi connectivity index (χ4n) is 3.94. The molecule has 31 heavy (non-hydrogen) atoms. The van der Waals surface area contributed by atoms with Gasteiger partial charge in [0.2, 0.25) is 0 Å². The number of rotatable bonds is 3. The third-order valence-electron chi connectivity index (χ3n) is 5.24. The van der Waals surface area contributed by atoms with Crippen LogP contribution in [0.2, 0.25) is 0 Å². The van der Waals surface area contributed by atoms with Gasteiger partial charge in [0, 0.05) is 23.3 Å². The van der Waals surface area contributed by atoms with Crippen molar-refractivity contribution in [2.24, 2.45) is 0 Å². The Labute approximate surface area is 180 Å². The average Bonchev–Trinajstić information content (AvgIpc) is 2.98. The number of hydrogen-bond acceptors (Lipinski definition) is 4. The van der Waals surface area contributed by atoms with Crippen molar-refractivity contribution >= 4 is 29.6 Å². The van der Waals surface area contributed by atoms with Crippen LogP contribution in [-0.2, 0) is 9.59 Å². The lowest BCUT2D eigenvalue weighted by molar-refractivity contribution is -0.122. The van der Waals surface area contributed by atoms with E-state index in [1.165, 1.54) is 12.3 Å². The SMILES string of the molecule is Cc1cc(C)cc(-n2c(C)cc(/C=C3\C(=O)NC(=O)N(c4cccnc4)C3=O)c2C)c1. The Morgan fingerprint density at radius 2 is 1.65 bits per heavy atom. The van der Waals surface area contributed by atoms with Crippen LogP contribution in [0.5, 0.6) is 0 Å². The molecule has 1 aromatic carbocycles. The summed E-state index contributed by atoms with van der Waals surface area (Å²) in [5.74, 6) is -1.40. The van der Waals surface area contributed by atoms with Crippen LogP contribution in [0.15, 0.2) is 54.4 Å². The minimum absolute atomic E-state index is 0.107. The van der Waals surface area contributed by atoms with Gasteiger partial charge in [-0.1, -0.05) is 6.07 Å². The lowest BCUT2D eigenvalue weighted by Crippen LogP contribution is -2.54. The summed E-state index contributed by atoms with van der Waals surface area (Å²) >= 11 is 0. The Morgan fingerprint density at radius 3 is 2.29 bits per heavy atom. The molecule has 2 aromatic heterocycles. The quantitative estimate of drug-likeness (QED) is 0.522. The number of barbiturate groups is 1. The van der Waals surface area contributed by atoms with E-state index < -0.39 is 17.8 Å². The zero-order valence-corrected chi connectivity index (χ0v) is 17.8. The first-order chi connectivity index (χ1) is 14.8. The molecule has 0 aliphatic carbocycles. The molecule has 0 bridgehead atoms. The van der Waals surface area contributed by atoms with Crippen LogP contribution in [0.3, 0.4) is 0 Å². The zero-order chi connectivity index (χ0) is 22.3. The number of pyridine rings is 1. The molecule has 1 aliphatic heterocycles. The number of benzene rings is 1. The summed E-state index contributed by atoms with van der Waals surface area (Å²) in [7, 11) is 0. The summed E-state index contributed by atoms with van der Waals surface area (Å²) in [6.45, 7) is 8.00. The highest BCUT2D eigenvalue weighted by Crippen LogP contribution is 2.26. The van der Waals surface area contributed by atoms with Crippen molar-refractivity contribution in [3.8, 4) is 5.69 Å². The van der Waals surface area contributed by atoms with Gasteiger partial charge in [0.15, 0.2) is 0 Å². The van der Waals surface area contributed by atoms with Gasteiger partial charge in [0.1, 0.15) is 5.57 Å². The molecule has 4 rings (SSSR count). The molecule has 0 saturated carbocycles. The predicted octanol–water partition coefficient (Wildman–Crippen LogP) is 3.77. The van der Waals surface area contributed by atoms with Crippen molar-refractivity contribution in [3.05, 3.63) is 82.4 Å². The molecule has 0 radical (unpaired) electrons. The minimum Gasteiger partial charge on any atom is -0.318 e. The summed E-state index contributed by atoms with van der Waals surface area (Å²) < 4.78 is 2.08. The van der Waals surface area contributed by atoms with Crippen molar-refractivity contribution in [1.29, 1.82) is 0 Å². The molecule has 0 unspecified atom stereocenters. The number of aromatic nitrogens is 2. The van der Waals surface area contributed by atoms with E-state index >= 15 is 0 Å². The first-order valence-corrected chi connectivity index (χ1v) is 9.85. The summed E-state index contributed by atoms with van der Waals surface area (Å²) in [6, 6.07) is 10.6. The van der Waals surface area contributed by atoms with Gasteiger partial charge in [-0.15, -0.1) is 0 Å². The first-order valence-electron chi connectivity index (χ1n) is 9.85. The molecule has 7 nitrogen and oxygen atoms in total. The molecule has 156 valence electrons. The van der Waals surface area contributed by atoms with E-state index in [1.54, 1.807) is 18.3 Å². The van der Waals surface area contributed by atoms with E-state index in [0.717, 1.165) is 38.7 Å². The minimum atomic E-state index is -0.791. The Morgan fingerprint density at radius 1 is 0.935 bits per heavy atom. The van der Waals surface area contributed by atoms with E-state index in [-0.39, 0.29) is 5.57 Å². The van der Waals surface area contributed by atoms with Crippen molar-refractivity contribution in [2.75, 3.05) is 4.90 Å². The van der Waals surface area contributed by atoms with Crippen LogP contribution in [0.4, 0.5) is 10.5 Å². The molecule has 0 atom stereocenters. The van der Waals surface area contributed by atoms with E-state index in [9.17, 15) is 14.4 Å². The number of urea groups is 1. The highest BCUT2D eigenvalue weighted by atomic mass is 16.2. The summed E-state index contributed by atoms with van der Waals surface area (Å²) in [4.78, 5) is 42.7. The molecule has 7 heteroatoms. The van der Waals surface area contributed by atoms with Gasteiger partial charge < -0.3 is 4.57 Å². The van der Waals surface area contributed by atoms with Gasteiger partial charge >= 0.3 is 6.03 Å². The number of nitrogens with one attached hydrogen (secondary N) is 1. The van der Waals surface area contributed by atoms with Crippen LogP contribution in [-0.4, -0.2) is 27.4 Å². The monoisotopic (exact) mass is 414 g/mol. The van der Waals surface area contributed by atoms with Crippen molar-refractivity contribution in [3.63, 3.8) is 0 Å². The fourth-order valence-corrected chi connectivity index (χ4v) is 3.94. The number of anilines is 1. The van der Waals surface area contributed by atoms with Gasteiger partial charge in [0.05, 0.1) is 11.9 Å². The average molecular weight is 414 g/mol. The number of nitrogens with zero attached hydrogens (tertiary/aromatic N) is 3. The van der Waals surface area contributed by atoms with Crippen LogP contribution >= 0.6 is 0 Å². The molecule has 3 aromatic rings. The molecule has 3 heterocycles. The maximum absolute atomic E-state index is 13.1. The Bertz CT molecular complexity index is 1240. The Kier molecular flexibility index (Phi) is 5.02. The third-order valence-corrected chi connectivity index (χ3v) is 5.24. The lowest BCUT2D eigenvalue weighted by Gasteiger charge is -2.26. The maximum atomic E-state index is 13.1. The van der Waals surface area contributed by atoms with Gasteiger partial charge in [0.25, 0.3) is 11.8 Å². The molecular weight excluding hydrogens is 392 g/mol. The first kappa shape index (κ1) is 20.3. The second-order valence-electron chi connectivity index (χ2n) is 7.68. The van der Waals surface area contributed by atoms with E-state index in [4.69, 9.17) is 0 Å². The lowest BCUT2D eigenvalue weighted by atomic mass is 10.1. The van der Waals surface area contributed by atoms with E-state index in [1.807, 2.05) is 33.8 Å². The van der Waals surface area contributed by atoms with Crippen molar-refractivity contribution < 1.29 is 14.4 Å². The van der Waals surface area contributed by atoms with Crippen molar-refractivity contribution in [2.45, 2.75) is 27.7 Å². The maximum Gasteiger partial charge on any atom is 0.336 e. The molecule has 1 N–H and O–H groups in total. The number of carbonyl (C=O) groups is 3. The Hall–Kier alpha value is -4.00. The summed E-state index contributed by atoms with van der Waals surface area (Å²) in [5.41, 5.74) is 6.09. The Balaban J connectivity index is 1.78. The topological polar surface area (TPSA) is 84.3 Å². The van der Waals surface area contributed by atoms with Crippen LogP contribution < -0.4 is 10.2 Å². The second-order valence-corrected chi connectivity index (χ2v) is 7.68. The molecule has 0 spiro atoms. The summed E-state index contributed by atoms with van der Waals surface area (Å²) in [6.07, 6.45) is 4.48. The normalized spacial score (nSPS) is 15.5. The van der Waals surface area contributed by atoms with E-state index in [2.05, 4.69) is 33.1 Å². The number of imide groups is 2. The predicted molar refractivity (Wildman–Crippen MR) is 118 cm³/mol. The van der Waals surface area contributed by atoms with Crippen LogP contribution in [0.1, 0.15) is 28.1 Å². The number of aryl methyl sites for hydroxylation is 3. The molecule has 1 aliphatic rings. The van der Waals surface area contributed by atoms with Crippen molar-refractivity contribution in [1.82, 2.24) is 14.9 Å². The number of amides is 4. The van der Waals surface area contributed by atoms with Gasteiger partial charge in [-0.2, -0.15) is 0 Å². The van der Waals surface area contributed by atoms with Crippen LogP contribution in [0, 0.1) is 27.7 Å². The smallest absolute Gasteiger partial charge is 0.318 e. The molecular formula is C24H22N4O3. The number of carbonyl (C=O) groups excluding carboxylic acids is 3. The standard InChI is InChI=1S/C24H22N4O3/c1-14-8-15(2)10-20(9-14)27-16(3)11-18(17(27)4)12-21-22(29)26-24(31)28(23(21)30)19-6-5-7-25-13-19/h5-13H,1-4H3,(H,26,29,31)/b21-12+. The second kappa shape index (κ2) is 7.68. The molecule has 1 saturated heterocycles. The fraction of sp³-hybridized carbons (Fsp3) is 0.167. The van der Waals surface area contributed by atoms with Gasteiger partial charge in [-0.3, -0.25) is 19.9 Å². The third kappa shape index (κ3) is 3.66. The number of hydrogen-bond donors (Lipinski definition) is 1. The molecule has 4 amide bonds. The highest BCUT2D eigenvalue weighted by Gasteiger charge is 2.37. The highest BCUT2D eigenvalue weighted by molar-refractivity contribution is 6.39. The van der Waals surface area contributed by atoms with Gasteiger partial charge in [-0.05, 0) is 80.8 Å². The van der Waals surface area contributed by atoms with E-state index in [0.29, 0.717) is 5.69 Å². The largest absolute Gasteiger partial charge is 0.336 e.